The summed E-state index contributed by atoms with van der Waals surface area (Å²) >= 11 is 0. The smallest absolute Gasteiger partial charge is 0.254 e. The summed E-state index contributed by atoms with van der Waals surface area (Å²) in [5, 5.41) is 0. The van der Waals surface area contributed by atoms with E-state index in [1.54, 1.807) is 11.9 Å². The van der Waals surface area contributed by atoms with Crippen LogP contribution in [0.3, 0.4) is 0 Å². The van der Waals surface area contributed by atoms with Crippen LogP contribution in [0.15, 0.2) is 52.9 Å². The van der Waals surface area contributed by atoms with E-state index in [1.807, 2.05) is 43.3 Å². The van der Waals surface area contributed by atoms with Crippen molar-refractivity contribution < 1.29 is 9.21 Å². The lowest BCUT2D eigenvalue weighted by molar-refractivity contribution is 0.0775. The first kappa shape index (κ1) is 16.1. The Morgan fingerprint density at radius 1 is 0.958 bits per heavy atom. The van der Waals surface area contributed by atoms with E-state index in [-0.39, 0.29) is 5.91 Å². The molecule has 0 fully saturated rings. The van der Waals surface area contributed by atoms with E-state index in [0.29, 0.717) is 12.1 Å². The van der Waals surface area contributed by atoms with Gasteiger partial charge in [0.05, 0.1) is 6.54 Å². The van der Waals surface area contributed by atoms with Crippen LogP contribution in [0.1, 0.15) is 33.3 Å². The van der Waals surface area contributed by atoms with Crippen LogP contribution in [0.5, 0.6) is 0 Å². The monoisotopic (exact) mass is 322 g/mol. The van der Waals surface area contributed by atoms with Gasteiger partial charge in [-0.05, 0) is 69.3 Å². The predicted molar refractivity (Wildman–Crippen MR) is 94.5 cm³/mol. The molecule has 0 radical (unpaired) electrons. The number of aromatic nitrogens is 1. The number of amides is 1. The van der Waals surface area contributed by atoms with Crippen molar-refractivity contribution in [2.24, 2.45) is 0 Å². The fraction of sp³-hybridized carbons (Fsp3) is 0.250. The minimum atomic E-state index is -0.0171. The highest BCUT2D eigenvalue weighted by Gasteiger charge is 2.14. The summed E-state index contributed by atoms with van der Waals surface area (Å²) in [6.45, 7) is 6.51. The van der Waals surface area contributed by atoms with Crippen molar-refractivity contribution in [1.29, 1.82) is 0 Å². The van der Waals surface area contributed by atoms with E-state index in [4.69, 9.17) is 4.42 Å². The molecule has 4 heteroatoms. The number of furan rings is 1. The Balaban J connectivity index is 1.76. The molecule has 0 unspecified atom stereocenters. The van der Waals surface area contributed by atoms with Crippen molar-refractivity contribution >= 4 is 5.91 Å². The number of nitrogens with zero attached hydrogens (tertiary/aromatic N) is 2. The number of carbonyl (C=O) groups excluding carboxylic acids is 1. The van der Waals surface area contributed by atoms with Crippen LogP contribution in [0.25, 0.3) is 5.69 Å². The molecule has 0 aliphatic heterocycles. The molecule has 0 saturated heterocycles. The van der Waals surface area contributed by atoms with E-state index in [1.165, 1.54) is 11.4 Å². The van der Waals surface area contributed by atoms with Gasteiger partial charge in [-0.15, -0.1) is 0 Å². The third-order valence-electron chi connectivity index (χ3n) is 4.18. The SMILES string of the molecule is Cc1ccc(CN(C)C(=O)c2ccc(-n3c(C)ccc3C)cc2)o1. The third kappa shape index (κ3) is 3.13. The van der Waals surface area contributed by atoms with E-state index in [2.05, 4.69) is 30.5 Å². The molecule has 3 rings (SSSR count). The Morgan fingerprint density at radius 3 is 2.12 bits per heavy atom. The first-order chi connectivity index (χ1) is 11.5. The van der Waals surface area contributed by atoms with Crippen molar-refractivity contribution in [3.63, 3.8) is 0 Å². The van der Waals surface area contributed by atoms with Gasteiger partial charge in [-0.25, -0.2) is 0 Å². The molecule has 0 bridgehead atoms. The summed E-state index contributed by atoms with van der Waals surface area (Å²) in [6.07, 6.45) is 0. The van der Waals surface area contributed by atoms with Gasteiger partial charge < -0.3 is 13.9 Å². The van der Waals surface area contributed by atoms with Gasteiger partial charge in [-0.1, -0.05) is 0 Å². The van der Waals surface area contributed by atoms with Crippen LogP contribution in [-0.4, -0.2) is 22.4 Å². The summed E-state index contributed by atoms with van der Waals surface area (Å²) in [5.74, 6) is 1.63. The molecule has 24 heavy (non-hydrogen) atoms. The van der Waals surface area contributed by atoms with Gasteiger partial charge in [0.15, 0.2) is 0 Å². The predicted octanol–water partition coefficient (Wildman–Crippen LogP) is 4.27. The fourth-order valence-corrected chi connectivity index (χ4v) is 2.92. The maximum Gasteiger partial charge on any atom is 0.254 e. The second kappa shape index (κ2) is 6.40. The lowest BCUT2D eigenvalue weighted by atomic mass is 10.1. The van der Waals surface area contributed by atoms with Crippen molar-refractivity contribution in [1.82, 2.24) is 9.47 Å². The standard InChI is InChI=1S/C20H22N2O2/c1-14-5-6-15(2)22(14)18-10-8-17(9-11-18)20(23)21(4)13-19-12-7-16(3)24-19/h5-12H,13H2,1-4H3. The highest BCUT2D eigenvalue weighted by molar-refractivity contribution is 5.94. The first-order valence-electron chi connectivity index (χ1n) is 8.02. The molecule has 124 valence electrons. The van der Waals surface area contributed by atoms with Gasteiger partial charge in [0, 0.05) is 29.7 Å². The molecule has 2 aromatic heterocycles. The fourth-order valence-electron chi connectivity index (χ4n) is 2.92. The number of rotatable bonds is 4. The van der Waals surface area contributed by atoms with Crippen molar-refractivity contribution in [2.45, 2.75) is 27.3 Å². The molecule has 0 aliphatic carbocycles. The van der Waals surface area contributed by atoms with Gasteiger partial charge in [-0.3, -0.25) is 4.79 Å². The largest absolute Gasteiger partial charge is 0.464 e. The van der Waals surface area contributed by atoms with E-state index >= 15 is 0 Å². The molecular weight excluding hydrogens is 300 g/mol. The summed E-state index contributed by atoms with van der Waals surface area (Å²) in [4.78, 5) is 14.2. The van der Waals surface area contributed by atoms with Crippen LogP contribution < -0.4 is 0 Å². The molecular formula is C20H22N2O2. The zero-order valence-corrected chi connectivity index (χ0v) is 14.5. The second-order valence-corrected chi connectivity index (χ2v) is 6.17. The molecule has 1 amide bonds. The lowest BCUT2D eigenvalue weighted by Gasteiger charge is -2.16. The zero-order chi connectivity index (χ0) is 17.3. The van der Waals surface area contributed by atoms with Gasteiger partial charge in [0.25, 0.3) is 5.91 Å². The van der Waals surface area contributed by atoms with E-state index in [9.17, 15) is 4.79 Å². The molecule has 4 nitrogen and oxygen atoms in total. The van der Waals surface area contributed by atoms with Crippen molar-refractivity contribution in [2.75, 3.05) is 7.05 Å². The highest BCUT2D eigenvalue weighted by atomic mass is 16.3. The molecule has 1 aromatic carbocycles. The van der Waals surface area contributed by atoms with Gasteiger partial charge in [-0.2, -0.15) is 0 Å². The average molecular weight is 322 g/mol. The maximum atomic E-state index is 12.6. The average Bonchev–Trinajstić information content (AvgIpc) is 3.12. The van der Waals surface area contributed by atoms with Gasteiger partial charge >= 0.3 is 0 Å². The zero-order valence-electron chi connectivity index (χ0n) is 14.5. The Kier molecular flexibility index (Phi) is 4.30. The second-order valence-electron chi connectivity index (χ2n) is 6.17. The van der Waals surface area contributed by atoms with Crippen molar-refractivity contribution in [3.8, 4) is 5.69 Å². The maximum absolute atomic E-state index is 12.6. The topological polar surface area (TPSA) is 38.4 Å². The van der Waals surface area contributed by atoms with Crippen LogP contribution in [-0.2, 0) is 6.54 Å². The van der Waals surface area contributed by atoms with Crippen LogP contribution >= 0.6 is 0 Å². The van der Waals surface area contributed by atoms with Gasteiger partial charge in [0.1, 0.15) is 11.5 Å². The quantitative estimate of drug-likeness (QED) is 0.719. The minimum Gasteiger partial charge on any atom is -0.464 e. The first-order valence-corrected chi connectivity index (χ1v) is 8.02. The Hall–Kier alpha value is -2.75. The lowest BCUT2D eigenvalue weighted by Crippen LogP contribution is -2.26. The Labute approximate surface area is 142 Å². The number of carbonyl (C=O) groups is 1. The minimum absolute atomic E-state index is 0.0171. The third-order valence-corrected chi connectivity index (χ3v) is 4.18. The normalized spacial score (nSPS) is 10.8. The van der Waals surface area contributed by atoms with Gasteiger partial charge in [0.2, 0.25) is 0 Å². The number of hydrogen-bond acceptors (Lipinski definition) is 2. The van der Waals surface area contributed by atoms with Crippen LogP contribution in [0.2, 0.25) is 0 Å². The molecule has 0 spiro atoms. The van der Waals surface area contributed by atoms with Crippen LogP contribution in [0, 0.1) is 20.8 Å². The Bertz CT molecular complexity index is 837. The highest BCUT2D eigenvalue weighted by Crippen LogP contribution is 2.18. The molecule has 0 saturated carbocycles. The molecule has 0 aliphatic rings. The Morgan fingerprint density at radius 2 is 1.58 bits per heavy atom. The van der Waals surface area contributed by atoms with E-state index in [0.717, 1.165) is 17.2 Å². The summed E-state index contributed by atoms with van der Waals surface area (Å²) in [6, 6.07) is 15.7. The summed E-state index contributed by atoms with van der Waals surface area (Å²) in [7, 11) is 1.79. The number of hydrogen-bond donors (Lipinski definition) is 0. The van der Waals surface area contributed by atoms with Crippen molar-refractivity contribution in [3.05, 3.63) is 77.0 Å². The van der Waals surface area contributed by atoms with Crippen LogP contribution in [0.4, 0.5) is 0 Å². The van der Waals surface area contributed by atoms with E-state index < -0.39 is 0 Å². The molecule has 0 N–H and O–H groups in total. The number of aryl methyl sites for hydroxylation is 3. The summed E-state index contributed by atoms with van der Waals surface area (Å²) in [5.41, 5.74) is 4.09. The molecule has 3 aromatic rings. The number of benzene rings is 1. The summed E-state index contributed by atoms with van der Waals surface area (Å²) < 4.78 is 7.71. The molecule has 2 heterocycles. The molecule has 0 atom stereocenters.